The minimum absolute atomic E-state index is 0.579. The molecule has 18 heavy (non-hydrogen) atoms. The molecule has 0 aliphatic carbocycles. The Morgan fingerprint density at radius 2 is 1.56 bits per heavy atom. The smallest absolute Gasteiger partial charge is 0.00790 e. The van der Waals surface area contributed by atoms with Crippen LogP contribution in [0.15, 0.2) is 24.3 Å². The molecule has 2 heteroatoms. The maximum absolute atomic E-state index is 3.46. The zero-order valence-electron chi connectivity index (χ0n) is 12.3. The summed E-state index contributed by atoms with van der Waals surface area (Å²) in [5, 5.41) is 6.87. The molecular formula is C16H28N2. The molecule has 2 N–H and O–H groups in total. The van der Waals surface area contributed by atoms with Gasteiger partial charge in [-0.3, -0.25) is 0 Å². The van der Waals surface area contributed by atoms with Gasteiger partial charge in [0.1, 0.15) is 0 Å². The third kappa shape index (κ3) is 6.18. The molecular weight excluding hydrogens is 220 g/mol. The lowest BCUT2D eigenvalue weighted by Gasteiger charge is -2.09. The van der Waals surface area contributed by atoms with E-state index in [0.717, 1.165) is 26.1 Å². The van der Waals surface area contributed by atoms with Crippen LogP contribution in [-0.2, 0) is 6.42 Å². The predicted octanol–water partition coefficient (Wildman–Crippen LogP) is 2.94. The minimum Gasteiger partial charge on any atom is -0.315 e. The number of benzene rings is 1. The first kappa shape index (κ1) is 15.2. The van der Waals surface area contributed by atoms with Crippen molar-refractivity contribution in [3.8, 4) is 0 Å². The van der Waals surface area contributed by atoms with E-state index in [2.05, 4.69) is 62.6 Å². The zero-order chi connectivity index (χ0) is 13.4. The first-order valence-electron chi connectivity index (χ1n) is 7.12. The summed E-state index contributed by atoms with van der Waals surface area (Å²) in [4.78, 5) is 0. The summed E-state index contributed by atoms with van der Waals surface area (Å²) in [5.41, 5.74) is 2.84. The second-order valence-corrected chi connectivity index (χ2v) is 5.51. The van der Waals surface area contributed by atoms with Crippen molar-refractivity contribution < 1.29 is 0 Å². The number of rotatable bonds is 8. The summed E-state index contributed by atoms with van der Waals surface area (Å²) < 4.78 is 0. The van der Waals surface area contributed by atoms with E-state index in [1.807, 2.05) is 0 Å². The van der Waals surface area contributed by atoms with Crippen molar-refractivity contribution in [3.63, 3.8) is 0 Å². The summed E-state index contributed by atoms with van der Waals surface area (Å²) in [6.07, 6.45) is 1.11. The lowest BCUT2D eigenvalue weighted by molar-refractivity contribution is 0.556. The predicted molar refractivity (Wildman–Crippen MR) is 80.2 cm³/mol. The standard InChI is InChI=1S/C16H28N2/c1-13(2)16-7-5-15(6-8-16)9-10-17-11-12-18-14(3)4/h5-8,13-14,17-18H,9-12H2,1-4H3. The molecule has 0 aliphatic heterocycles. The van der Waals surface area contributed by atoms with E-state index in [1.54, 1.807) is 0 Å². The van der Waals surface area contributed by atoms with Crippen molar-refractivity contribution in [3.05, 3.63) is 35.4 Å². The van der Waals surface area contributed by atoms with Gasteiger partial charge >= 0.3 is 0 Å². The van der Waals surface area contributed by atoms with Crippen molar-refractivity contribution in [2.24, 2.45) is 0 Å². The lowest BCUT2D eigenvalue weighted by atomic mass is 10.0. The maximum atomic E-state index is 3.46. The molecule has 0 atom stereocenters. The molecule has 0 heterocycles. The van der Waals surface area contributed by atoms with Crippen LogP contribution in [0.5, 0.6) is 0 Å². The molecule has 102 valence electrons. The van der Waals surface area contributed by atoms with Crippen LogP contribution in [0.3, 0.4) is 0 Å². The average molecular weight is 248 g/mol. The third-order valence-corrected chi connectivity index (χ3v) is 3.09. The van der Waals surface area contributed by atoms with E-state index in [-0.39, 0.29) is 0 Å². The first-order chi connectivity index (χ1) is 8.59. The van der Waals surface area contributed by atoms with Gasteiger partial charge in [-0.1, -0.05) is 52.0 Å². The highest BCUT2D eigenvalue weighted by Gasteiger charge is 1.98. The van der Waals surface area contributed by atoms with Crippen molar-refractivity contribution in [1.82, 2.24) is 10.6 Å². The molecule has 0 amide bonds. The quantitative estimate of drug-likeness (QED) is 0.691. The van der Waals surface area contributed by atoms with Gasteiger partial charge in [0, 0.05) is 19.1 Å². The van der Waals surface area contributed by atoms with Gasteiger partial charge in [-0.25, -0.2) is 0 Å². The Morgan fingerprint density at radius 3 is 2.11 bits per heavy atom. The first-order valence-corrected chi connectivity index (χ1v) is 7.12. The fourth-order valence-electron chi connectivity index (χ4n) is 1.88. The largest absolute Gasteiger partial charge is 0.315 e. The van der Waals surface area contributed by atoms with Crippen molar-refractivity contribution in [1.29, 1.82) is 0 Å². The minimum atomic E-state index is 0.579. The van der Waals surface area contributed by atoms with Crippen LogP contribution in [0.2, 0.25) is 0 Å². The lowest BCUT2D eigenvalue weighted by Crippen LogP contribution is -2.32. The average Bonchev–Trinajstić information content (AvgIpc) is 2.34. The fourth-order valence-corrected chi connectivity index (χ4v) is 1.88. The number of nitrogens with one attached hydrogen (secondary N) is 2. The van der Waals surface area contributed by atoms with Crippen LogP contribution in [0.1, 0.15) is 44.7 Å². The van der Waals surface area contributed by atoms with Crippen LogP contribution >= 0.6 is 0 Å². The van der Waals surface area contributed by atoms with Crippen LogP contribution < -0.4 is 10.6 Å². The zero-order valence-corrected chi connectivity index (χ0v) is 12.3. The van der Waals surface area contributed by atoms with Gasteiger partial charge in [0.25, 0.3) is 0 Å². The monoisotopic (exact) mass is 248 g/mol. The van der Waals surface area contributed by atoms with Crippen LogP contribution in [-0.4, -0.2) is 25.7 Å². The van der Waals surface area contributed by atoms with E-state index in [0.29, 0.717) is 12.0 Å². The summed E-state index contributed by atoms with van der Waals surface area (Å²) in [6, 6.07) is 9.59. The summed E-state index contributed by atoms with van der Waals surface area (Å²) in [7, 11) is 0. The Morgan fingerprint density at radius 1 is 0.889 bits per heavy atom. The van der Waals surface area contributed by atoms with Gasteiger partial charge in [-0.2, -0.15) is 0 Å². The Balaban J connectivity index is 2.15. The van der Waals surface area contributed by atoms with E-state index in [4.69, 9.17) is 0 Å². The Bertz CT molecular complexity index is 314. The van der Waals surface area contributed by atoms with E-state index < -0.39 is 0 Å². The molecule has 1 rings (SSSR count). The molecule has 0 fully saturated rings. The van der Waals surface area contributed by atoms with Crippen molar-refractivity contribution >= 4 is 0 Å². The highest BCUT2D eigenvalue weighted by Crippen LogP contribution is 2.14. The Hall–Kier alpha value is -0.860. The second kappa shape index (κ2) is 8.28. The molecule has 0 saturated carbocycles. The number of hydrogen-bond acceptors (Lipinski definition) is 2. The highest BCUT2D eigenvalue weighted by atomic mass is 14.9. The Labute approximate surface area is 112 Å². The van der Waals surface area contributed by atoms with Crippen LogP contribution in [0.4, 0.5) is 0 Å². The molecule has 0 unspecified atom stereocenters. The fraction of sp³-hybridized carbons (Fsp3) is 0.625. The van der Waals surface area contributed by atoms with Gasteiger partial charge in [0.05, 0.1) is 0 Å². The topological polar surface area (TPSA) is 24.1 Å². The van der Waals surface area contributed by atoms with Gasteiger partial charge in [0.15, 0.2) is 0 Å². The second-order valence-electron chi connectivity index (χ2n) is 5.51. The molecule has 0 aromatic heterocycles. The molecule has 0 spiro atoms. The normalized spacial score (nSPS) is 11.4. The summed E-state index contributed by atoms with van der Waals surface area (Å²) in [6.45, 7) is 12.0. The van der Waals surface area contributed by atoms with E-state index in [1.165, 1.54) is 11.1 Å². The van der Waals surface area contributed by atoms with E-state index in [9.17, 15) is 0 Å². The third-order valence-electron chi connectivity index (χ3n) is 3.09. The molecule has 2 nitrogen and oxygen atoms in total. The summed E-state index contributed by atoms with van der Waals surface area (Å²) in [5.74, 6) is 0.624. The van der Waals surface area contributed by atoms with Crippen molar-refractivity contribution in [2.75, 3.05) is 19.6 Å². The van der Waals surface area contributed by atoms with Gasteiger partial charge in [0.2, 0.25) is 0 Å². The molecule has 1 aromatic carbocycles. The number of hydrogen-bond donors (Lipinski definition) is 2. The highest BCUT2D eigenvalue weighted by molar-refractivity contribution is 5.24. The van der Waals surface area contributed by atoms with Crippen LogP contribution in [0.25, 0.3) is 0 Å². The molecule has 0 bridgehead atoms. The van der Waals surface area contributed by atoms with Gasteiger partial charge in [-0.15, -0.1) is 0 Å². The molecule has 0 radical (unpaired) electrons. The van der Waals surface area contributed by atoms with Gasteiger partial charge < -0.3 is 10.6 Å². The van der Waals surface area contributed by atoms with Gasteiger partial charge in [-0.05, 0) is 30.0 Å². The molecule has 0 saturated heterocycles. The van der Waals surface area contributed by atoms with Crippen LogP contribution in [0, 0.1) is 0 Å². The summed E-state index contributed by atoms with van der Waals surface area (Å²) >= 11 is 0. The van der Waals surface area contributed by atoms with E-state index >= 15 is 0 Å². The Kier molecular flexibility index (Phi) is 6.99. The maximum Gasteiger partial charge on any atom is 0.00790 e. The molecule has 0 aliphatic rings. The SMILES string of the molecule is CC(C)NCCNCCc1ccc(C(C)C)cc1. The molecule has 1 aromatic rings. The van der Waals surface area contributed by atoms with Crippen molar-refractivity contribution in [2.45, 2.75) is 46.1 Å².